The summed E-state index contributed by atoms with van der Waals surface area (Å²) in [4.78, 5) is 0. The Kier molecular flexibility index (Phi) is 3.15. The fraction of sp³-hybridized carbons (Fsp3) is 0.250. The Morgan fingerprint density at radius 2 is 1.94 bits per heavy atom. The summed E-state index contributed by atoms with van der Waals surface area (Å²) in [6, 6.07) is 8.38. The molecular formula is C12H13ClN2O. The van der Waals surface area contributed by atoms with Gasteiger partial charge in [-0.2, -0.15) is 0 Å². The molecule has 0 unspecified atom stereocenters. The number of nitrogens with two attached hydrogens (primary N) is 1. The van der Waals surface area contributed by atoms with E-state index in [9.17, 15) is 0 Å². The van der Waals surface area contributed by atoms with Crippen molar-refractivity contribution in [3.05, 3.63) is 46.2 Å². The highest BCUT2D eigenvalue weighted by Gasteiger charge is 2.10. The number of rotatable bonds is 3. The van der Waals surface area contributed by atoms with E-state index in [1.807, 2.05) is 0 Å². The number of anilines is 1. The summed E-state index contributed by atoms with van der Waals surface area (Å²) in [6.07, 6.45) is 1.58. The molecule has 4 heteroatoms. The molecule has 1 aromatic carbocycles. The molecule has 0 atom stereocenters. The first-order valence-electron chi connectivity index (χ1n) is 5.12. The highest BCUT2D eigenvalue weighted by Crippen LogP contribution is 2.23. The van der Waals surface area contributed by atoms with E-state index in [1.165, 1.54) is 11.1 Å². The third-order valence-electron chi connectivity index (χ3n) is 2.49. The second kappa shape index (κ2) is 4.58. The van der Waals surface area contributed by atoms with Gasteiger partial charge >= 0.3 is 0 Å². The average molecular weight is 237 g/mol. The summed E-state index contributed by atoms with van der Waals surface area (Å²) in [5.74, 6) is 0.917. The monoisotopic (exact) mass is 236 g/mol. The van der Waals surface area contributed by atoms with Gasteiger partial charge in [-0.05, 0) is 18.9 Å². The first-order chi connectivity index (χ1) is 7.66. The maximum absolute atomic E-state index is 5.92. The van der Waals surface area contributed by atoms with Crippen LogP contribution in [-0.4, -0.2) is 5.16 Å². The van der Waals surface area contributed by atoms with Gasteiger partial charge in [0.15, 0.2) is 11.6 Å². The zero-order chi connectivity index (χ0) is 11.5. The molecule has 2 aromatic rings. The molecule has 2 N–H and O–H groups in total. The zero-order valence-electron chi connectivity index (χ0n) is 9.03. The van der Waals surface area contributed by atoms with E-state index in [1.54, 1.807) is 0 Å². The third kappa shape index (κ3) is 2.36. The molecule has 84 valence electrons. The average Bonchev–Trinajstić information content (AvgIpc) is 2.60. The van der Waals surface area contributed by atoms with Crippen LogP contribution in [0.2, 0.25) is 5.02 Å². The van der Waals surface area contributed by atoms with E-state index in [0.717, 1.165) is 6.42 Å². The fourth-order valence-electron chi connectivity index (χ4n) is 1.50. The third-order valence-corrected chi connectivity index (χ3v) is 2.89. The molecule has 1 heterocycles. The molecule has 0 bridgehead atoms. The number of nitrogens with zero attached hydrogens (tertiary/aromatic N) is 1. The summed E-state index contributed by atoms with van der Waals surface area (Å²) >= 11 is 5.92. The van der Waals surface area contributed by atoms with Crippen LogP contribution in [0.3, 0.4) is 0 Å². The summed E-state index contributed by atoms with van der Waals surface area (Å²) in [5.41, 5.74) is 7.99. The van der Waals surface area contributed by atoms with E-state index in [-0.39, 0.29) is 5.82 Å². The lowest BCUT2D eigenvalue weighted by molar-refractivity contribution is 0.386. The lowest BCUT2D eigenvalue weighted by atomic mass is 10.1. The molecule has 1 aromatic heterocycles. The Balaban J connectivity index is 2.02. The van der Waals surface area contributed by atoms with Gasteiger partial charge < -0.3 is 10.3 Å². The smallest absolute Gasteiger partial charge is 0.185 e. The van der Waals surface area contributed by atoms with Gasteiger partial charge in [0.25, 0.3) is 0 Å². The first-order valence-corrected chi connectivity index (χ1v) is 5.49. The molecule has 3 nitrogen and oxygen atoms in total. The predicted molar refractivity (Wildman–Crippen MR) is 64.5 cm³/mol. The molecule has 0 spiro atoms. The standard InChI is InChI=1S/C12H13ClN2O/c1-8-2-4-9(5-3-8)6-7-10-11(13)12(14)15-16-10/h2-5H,6-7H2,1H3,(H2,14,15). The van der Waals surface area contributed by atoms with E-state index < -0.39 is 0 Å². The normalized spacial score (nSPS) is 10.6. The van der Waals surface area contributed by atoms with Gasteiger partial charge in [0.05, 0.1) is 0 Å². The first kappa shape index (κ1) is 11.0. The quantitative estimate of drug-likeness (QED) is 0.891. The lowest BCUT2D eigenvalue weighted by Crippen LogP contribution is -1.91. The van der Waals surface area contributed by atoms with Crippen LogP contribution in [0.1, 0.15) is 16.9 Å². The maximum Gasteiger partial charge on any atom is 0.185 e. The van der Waals surface area contributed by atoms with E-state index in [2.05, 4.69) is 36.3 Å². The molecule has 0 radical (unpaired) electrons. The summed E-state index contributed by atoms with van der Waals surface area (Å²) in [5, 5.41) is 4.05. The molecule has 0 aliphatic rings. The number of aryl methyl sites for hydroxylation is 3. The van der Waals surface area contributed by atoms with Gasteiger partial charge in [-0.3, -0.25) is 0 Å². The van der Waals surface area contributed by atoms with Crippen molar-refractivity contribution in [3.63, 3.8) is 0 Å². The van der Waals surface area contributed by atoms with Gasteiger partial charge in [-0.15, -0.1) is 0 Å². The maximum atomic E-state index is 5.92. The zero-order valence-corrected chi connectivity index (χ0v) is 9.79. The van der Waals surface area contributed by atoms with Crippen molar-refractivity contribution in [2.24, 2.45) is 0 Å². The Morgan fingerprint density at radius 1 is 1.25 bits per heavy atom. The minimum Gasteiger partial charge on any atom is -0.380 e. The number of aromatic nitrogens is 1. The van der Waals surface area contributed by atoms with Crippen molar-refractivity contribution < 1.29 is 4.52 Å². The molecule has 0 amide bonds. The molecular weight excluding hydrogens is 224 g/mol. The highest BCUT2D eigenvalue weighted by atomic mass is 35.5. The van der Waals surface area contributed by atoms with Crippen molar-refractivity contribution in [2.75, 3.05) is 5.73 Å². The van der Waals surface area contributed by atoms with Gasteiger partial charge in [-0.25, -0.2) is 0 Å². The van der Waals surface area contributed by atoms with Crippen molar-refractivity contribution in [1.82, 2.24) is 5.16 Å². The second-order valence-corrected chi connectivity index (χ2v) is 4.17. The van der Waals surface area contributed by atoms with E-state index >= 15 is 0 Å². The van der Waals surface area contributed by atoms with Crippen LogP contribution < -0.4 is 5.73 Å². The molecule has 0 aliphatic carbocycles. The molecule has 0 saturated carbocycles. The summed E-state index contributed by atoms with van der Waals surface area (Å²) < 4.78 is 5.03. The highest BCUT2D eigenvalue weighted by molar-refractivity contribution is 6.33. The lowest BCUT2D eigenvalue weighted by Gasteiger charge is -1.99. The molecule has 16 heavy (non-hydrogen) atoms. The predicted octanol–water partition coefficient (Wildman–Crippen LogP) is 3.00. The number of hydrogen-bond donors (Lipinski definition) is 1. The minimum atomic E-state index is 0.264. The van der Waals surface area contributed by atoms with Crippen LogP contribution in [0, 0.1) is 6.92 Å². The van der Waals surface area contributed by atoms with E-state index in [4.69, 9.17) is 21.9 Å². The van der Waals surface area contributed by atoms with Crippen molar-refractivity contribution in [3.8, 4) is 0 Å². The second-order valence-electron chi connectivity index (χ2n) is 3.79. The SMILES string of the molecule is Cc1ccc(CCc2onc(N)c2Cl)cc1. The summed E-state index contributed by atoms with van der Waals surface area (Å²) in [6.45, 7) is 2.07. The largest absolute Gasteiger partial charge is 0.380 e. The van der Waals surface area contributed by atoms with Crippen LogP contribution in [0.15, 0.2) is 28.8 Å². The van der Waals surface area contributed by atoms with Crippen LogP contribution >= 0.6 is 11.6 Å². The van der Waals surface area contributed by atoms with Crippen LogP contribution in [0.5, 0.6) is 0 Å². The molecule has 0 fully saturated rings. The Bertz CT molecular complexity index is 476. The summed E-state index contributed by atoms with van der Waals surface area (Å²) in [7, 11) is 0. The van der Waals surface area contributed by atoms with Crippen molar-refractivity contribution in [2.45, 2.75) is 19.8 Å². The molecule has 2 rings (SSSR count). The van der Waals surface area contributed by atoms with Crippen LogP contribution in [0.4, 0.5) is 5.82 Å². The fourth-order valence-corrected chi connectivity index (χ4v) is 1.66. The van der Waals surface area contributed by atoms with Gasteiger partial charge in [0.1, 0.15) is 5.02 Å². The topological polar surface area (TPSA) is 52.0 Å². The molecule has 0 aliphatic heterocycles. The Labute approximate surface area is 99.2 Å². The van der Waals surface area contributed by atoms with Crippen LogP contribution in [-0.2, 0) is 12.8 Å². The van der Waals surface area contributed by atoms with Gasteiger partial charge in [0.2, 0.25) is 0 Å². The van der Waals surface area contributed by atoms with E-state index in [0.29, 0.717) is 17.2 Å². The van der Waals surface area contributed by atoms with Gasteiger partial charge in [0, 0.05) is 6.42 Å². The Hall–Kier alpha value is -1.48. The number of nitrogen functional groups attached to an aromatic ring is 1. The molecule has 0 saturated heterocycles. The number of halogens is 1. The number of benzene rings is 1. The van der Waals surface area contributed by atoms with Crippen molar-refractivity contribution >= 4 is 17.4 Å². The van der Waals surface area contributed by atoms with Crippen molar-refractivity contribution in [1.29, 1.82) is 0 Å². The van der Waals surface area contributed by atoms with Gasteiger partial charge in [-0.1, -0.05) is 46.6 Å². The Morgan fingerprint density at radius 3 is 2.50 bits per heavy atom. The number of hydrogen-bond acceptors (Lipinski definition) is 3. The minimum absolute atomic E-state index is 0.264. The van der Waals surface area contributed by atoms with Crippen LogP contribution in [0.25, 0.3) is 0 Å².